The molecule has 0 bridgehead atoms. The van der Waals surface area contributed by atoms with Crippen molar-refractivity contribution in [3.63, 3.8) is 0 Å². The van der Waals surface area contributed by atoms with Gasteiger partial charge in [-0.3, -0.25) is 9.88 Å². The molecule has 1 fully saturated rings. The summed E-state index contributed by atoms with van der Waals surface area (Å²) in [5, 5.41) is 12.4. The van der Waals surface area contributed by atoms with Crippen LogP contribution in [-0.2, 0) is 11.3 Å². The number of morpholine rings is 1. The van der Waals surface area contributed by atoms with Crippen molar-refractivity contribution in [2.24, 2.45) is 0 Å². The average molecular weight is 291 g/mol. The van der Waals surface area contributed by atoms with Gasteiger partial charge >= 0.3 is 0 Å². The highest BCUT2D eigenvalue weighted by atomic mass is 32.1. The van der Waals surface area contributed by atoms with Gasteiger partial charge < -0.3 is 9.84 Å². The van der Waals surface area contributed by atoms with Crippen molar-refractivity contribution >= 4 is 11.3 Å². The molecule has 0 amide bonds. The van der Waals surface area contributed by atoms with Crippen molar-refractivity contribution < 1.29 is 9.84 Å². The Morgan fingerprint density at radius 1 is 1.45 bits per heavy atom. The number of aliphatic hydroxyl groups excluding tert-OH is 1. The smallest absolute Gasteiger partial charge is 0.142 e. The van der Waals surface area contributed by atoms with E-state index in [0.717, 1.165) is 29.5 Å². The monoisotopic (exact) mass is 291 g/mol. The summed E-state index contributed by atoms with van der Waals surface area (Å²) in [5.41, 5.74) is 1.93. The zero-order chi connectivity index (χ0) is 13.8. The summed E-state index contributed by atoms with van der Waals surface area (Å²) in [4.78, 5) is 11.2. The Hall–Kier alpha value is -1.34. The van der Waals surface area contributed by atoms with Crippen molar-refractivity contribution in [1.82, 2.24) is 14.9 Å². The Labute approximate surface area is 121 Å². The first-order chi connectivity index (χ1) is 9.86. The zero-order valence-electron chi connectivity index (χ0n) is 11.1. The average Bonchev–Trinajstić information content (AvgIpc) is 2.97. The molecule has 2 aromatic heterocycles. The molecule has 1 aliphatic heterocycles. The molecule has 3 heterocycles. The van der Waals surface area contributed by atoms with E-state index in [4.69, 9.17) is 4.74 Å². The molecule has 1 saturated heterocycles. The van der Waals surface area contributed by atoms with Gasteiger partial charge in [0.05, 0.1) is 37.3 Å². The quantitative estimate of drug-likeness (QED) is 0.922. The molecule has 0 saturated carbocycles. The maximum absolute atomic E-state index is 9.37. The van der Waals surface area contributed by atoms with E-state index in [1.807, 2.05) is 18.2 Å². The molecule has 1 aliphatic rings. The van der Waals surface area contributed by atoms with Crippen LogP contribution in [0.25, 0.3) is 10.7 Å². The number of ether oxygens (including phenoxy) is 1. The molecule has 0 aliphatic carbocycles. The zero-order valence-corrected chi connectivity index (χ0v) is 11.9. The molecule has 0 radical (unpaired) electrons. The number of hydrogen-bond donors (Lipinski definition) is 1. The van der Waals surface area contributed by atoms with Gasteiger partial charge in [-0.1, -0.05) is 6.07 Å². The standard InChI is InChI=1S/C14H17N3O2S/c18-8-12-9-19-6-5-17(12)7-11-10-20-14(16-11)13-3-1-2-4-15-13/h1-4,10,12,18H,5-9H2. The highest BCUT2D eigenvalue weighted by Gasteiger charge is 2.23. The van der Waals surface area contributed by atoms with Crippen molar-refractivity contribution in [2.75, 3.05) is 26.4 Å². The molecule has 0 spiro atoms. The van der Waals surface area contributed by atoms with Crippen LogP contribution in [0.1, 0.15) is 5.69 Å². The lowest BCUT2D eigenvalue weighted by molar-refractivity contribution is -0.0316. The van der Waals surface area contributed by atoms with E-state index in [9.17, 15) is 5.11 Å². The fourth-order valence-electron chi connectivity index (χ4n) is 2.26. The first-order valence-corrected chi connectivity index (χ1v) is 7.53. The lowest BCUT2D eigenvalue weighted by Gasteiger charge is -2.33. The van der Waals surface area contributed by atoms with Crippen LogP contribution >= 0.6 is 11.3 Å². The lowest BCUT2D eigenvalue weighted by atomic mass is 10.2. The van der Waals surface area contributed by atoms with Gasteiger partial charge in [0, 0.05) is 24.7 Å². The maximum Gasteiger partial charge on any atom is 0.142 e. The second-order valence-electron chi connectivity index (χ2n) is 4.74. The normalized spacial score (nSPS) is 20.1. The predicted octanol–water partition coefficient (Wildman–Crippen LogP) is 1.40. The predicted molar refractivity (Wildman–Crippen MR) is 77.4 cm³/mol. The van der Waals surface area contributed by atoms with E-state index in [2.05, 4.69) is 20.2 Å². The molecule has 2 aromatic rings. The van der Waals surface area contributed by atoms with Crippen LogP contribution in [0.3, 0.4) is 0 Å². The second kappa shape index (κ2) is 6.41. The third-order valence-corrected chi connectivity index (χ3v) is 4.27. The first kappa shape index (κ1) is 13.6. The van der Waals surface area contributed by atoms with Gasteiger partial charge in [0.1, 0.15) is 5.01 Å². The fraction of sp³-hybridized carbons (Fsp3) is 0.429. The summed E-state index contributed by atoms with van der Waals surface area (Å²) in [6, 6.07) is 5.90. The van der Waals surface area contributed by atoms with E-state index in [0.29, 0.717) is 13.2 Å². The molecule has 6 heteroatoms. The Morgan fingerprint density at radius 2 is 2.40 bits per heavy atom. The number of nitrogens with zero attached hydrogens (tertiary/aromatic N) is 3. The number of pyridine rings is 1. The number of rotatable bonds is 4. The molecular weight excluding hydrogens is 274 g/mol. The third-order valence-electron chi connectivity index (χ3n) is 3.36. The van der Waals surface area contributed by atoms with Crippen LogP contribution < -0.4 is 0 Å². The Balaban J connectivity index is 1.71. The summed E-state index contributed by atoms with van der Waals surface area (Å²) in [6.07, 6.45) is 1.78. The van der Waals surface area contributed by atoms with Crippen LogP contribution in [0.5, 0.6) is 0 Å². The molecule has 1 unspecified atom stereocenters. The minimum absolute atomic E-state index is 0.0729. The molecular formula is C14H17N3O2S. The molecule has 3 rings (SSSR count). The van der Waals surface area contributed by atoms with Crippen molar-refractivity contribution in [1.29, 1.82) is 0 Å². The molecule has 0 aromatic carbocycles. The van der Waals surface area contributed by atoms with Crippen LogP contribution in [0, 0.1) is 0 Å². The molecule has 106 valence electrons. The summed E-state index contributed by atoms with van der Waals surface area (Å²) < 4.78 is 5.39. The Morgan fingerprint density at radius 3 is 3.20 bits per heavy atom. The maximum atomic E-state index is 9.37. The second-order valence-corrected chi connectivity index (χ2v) is 5.60. The molecule has 20 heavy (non-hydrogen) atoms. The summed E-state index contributed by atoms with van der Waals surface area (Å²) in [6.45, 7) is 3.01. The largest absolute Gasteiger partial charge is 0.395 e. The molecule has 1 N–H and O–H groups in total. The summed E-state index contributed by atoms with van der Waals surface area (Å²) in [7, 11) is 0. The van der Waals surface area contributed by atoms with Gasteiger partial charge in [-0.15, -0.1) is 11.3 Å². The summed E-state index contributed by atoms with van der Waals surface area (Å²) >= 11 is 1.61. The van der Waals surface area contributed by atoms with E-state index >= 15 is 0 Å². The van der Waals surface area contributed by atoms with Gasteiger partial charge in [-0.2, -0.15) is 0 Å². The summed E-state index contributed by atoms with van der Waals surface area (Å²) in [5.74, 6) is 0. The minimum Gasteiger partial charge on any atom is -0.395 e. The van der Waals surface area contributed by atoms with Crippen LogP contribution in [0.2, 0.25) is 0 Å². The van der Waals surface area contributed by atoms with Crippen molar-refractivity contribution in [2.45, 2.75) is 12.6 Å². The van der Waals surface area contributed by atoms with Gasteiger partial charge in [0.15, 0.2) is 0 Å². The van der Waals surface area contributed by atoms with Crippen molar-refractivity contribution in [3.05, 3.63) is 35.5 Å². The highest BCUT2D eigenvalue weighted by Crippen LogP contribution is 2.22. The van der Waals surface area contributed by atoms with Crippen LogP contribution in [0.15, 0.2) is 29.8 Å². The lowest BCUT2D eigenvalue weighted by Crippen LogP contribution is -2.46. The van der Waals surface area contributed by atoms with E-state index in [1.54, 1.807) is 17.5 Å². The minimum atomic E-state index is 0.0729. The number of aromatic nitrogens is 2. The number of thiazole rings is 1. The molecule has 1 atom stereocenters. The topological polar surface area (TPSA) is 58.5 Å². The fourth-order valence-corrected chi connectivity index (χ4v) is 3.05. The Kier molecular flexibility index (Phi) is 4.37. The van der Waals surface area contributed by atoms with Gasteiger partial charge in [-0.05, 0) is 12.1 Å². The number of aliphatic hydroxyl groups is 1. The van der Waals surface area contributed by atoms with Crippen LogP contribution in [0.4, 0.5) is 0 Å². The van der Waals surface area contributed by atoms with Gasteiger partial charge in [0.25, 0.3) is 0 Å². The Bertz CT molecular complexity index is 546. The van der Waals surface area contributed by atoms with E-state index in [1.165, 1.54) is 0 Å². The van der Waals surface area contributed by atoms with Gasteiger partial charge in [0.2, 0.25) is 0 Å². The number of hydrogen-bond acceptors (Lipinski definition) is 6. The third kappa shape index (κ3) is 3.04. The van der Waals surface area contributed by atoms with Gasteiger partial charge in [-0.25, -0.2) is 4.98 Å². The van der Waals surface area contributed by atoms with E-state index < -0.39 is 0 Å². The SMILES string of the molecule is OCC1COCCN1Cc1csc(-c2ccccn2)n1. The van der Waals surface area contributed by atoms with Crippen LogP contribution in [-0.4, -0.2) is 52.4 Å². The first-order valence-electron chi connectivity index (χ1n) is 6.65. The highest BCUT2D eigenvalue weighted by molar-refractivity contribution is 7.13. The molecule has 5 nitrogen and oxygen atoms in total. The van der Waals surface area contributed by atoms with E-state index in [-0.39, 0.29) is 12.6 Å². The van der Waals surface area contributed by atoms with Crippen molar-refractivity contribution in [3.8, 4) is 10.7 Å².